The molecular weight excluding hydrogens is 244 g/mol. The van der Waals surface area contributed by atoms with Crippen LogP contribution in [0, 0.1) is 6.92 Å². The van der Waals surface area contributed by atoms with Crippen LogP contribution in [-0.4, -0.2) is 37.1 Å². The molecule has 1 heterocycles. The Kier molecular flexibility index (Phi) is 3.16. The van der Waals surface area contributed by atoms with Crippen LogP contribution in [0.2, 0.25) is 0 Å². The second kappa shape index (κ2) is 4.46. The van der Waals surface area contributed by atoms with E-state index in [0.29, 0.717) is 5.69 Å². The average molecular weight is 258 g/mol. The molecule has 1 saturated carbocycles. The third kappa shape index (κ3) is 3.04. The third-order valence-corrected chi connectivity index (χ3v) is 3.95. The summed E-state index contributed by atoms with van der Waals surface area (Å²) in [7, 11) is -3.66. The van der Waals surface area contributed by atoms with Gasteiger partial charge >= 0.3 is 0 Å². The summed E-state index contributed by atoms with van der Waals surface area (Å²) in [5, 5.41) is 8.86. The van der Waals surface area contributed by atoms with Gasteiger partial charge in [0.05, 0.1) is 18.4 Å². The number of amides is 1. The Balaban J connectivity index is 1.93. The first kappa shape index (κ1) is 12.1. The van der Waals surface area contributed by atoms with E-state index < -0.39 is 10.0 Å². The molecule has 2 rings (SSSR count). The summed E-state index contributed by atoms with van der Waals surface area (Å²) in [6.45, 7) is 1.36. The molecule has 3 N–H and O–H groups in total. The molecule has 7 nitrogen and oxygen atoms in total. The molecule has 1 aliphatic rings. The van der Waals surface area contributed by atoms with Gasteiger partial charge in [-0.1, -0.05) is 0 Å². The first-order valence-corrected chi connectivity index (χ1v) is 6.76. The molecule has 0 bridgehead atoms. The van der Waals surface area contributed by atoms with Crippen LogP contribution in [0.5, 0.6) is 0 Å². The van der Waals surface area contributed by atoms with Crippen molar-refractivity contribution in [1.29, 1.82) is 0 Å². The Morgan fingerprint density at radius 1 is 1.59 bits per heavy atom. The van der Waals surface area contributed by atoms with Crippen LogP contribution in [0.4, 0.5) is 0 Å². The predicted octanol–water partition coefficient (Wildman–Crippen LogP) is -0.725. The van der Waals surface area contributed by atoms with E-state index in [2.05, 4.69) is 20.2 Å². The number of nitrogens with one attached hydrogen (secondary N) is 3. The molecule has 0 aliphatic heterocycles. The zero-order chi connectivity index (χ0) is 12.5. The minimum atomic E-state index is -3.66. The van der Waals surface area contributed by atoms with Gasteiger partial charge in [0.15, 0.2) is 0 Å². The van der Waals surface area contributed by atoms with Crippen LogP contribution in [0.1, 0.15) is 18.5 Å². The fourth-order valence-electron chi connectivity index (χ4n) is 1.36. The van der Waals surface area contributed by atoms with E-state index >= 15 is 0 Å². The van der Waals surface area contributed by atoms with Crippen molar-refractivity contribution in [2.45, 2.75) is 30.7 Å². The number of H-pyrrole nitrogens is 1. The van der Waals surface area contributed by atoms with Gasteiger partial charge in [-0.3, -0.25) is 9.89 Å². The summed E-state index contributed by atoms with van der Waals surface area (Å²) in [5.41, 5.74) is 0.445. The first-order valence-electron chi connectivity index (χ1n) is 5.28. The van der Waals surface area contributed by atoms with Crippen molar-refractivity contribution in [3.63, 3.8) is 0 Å². The predicted molar refractivity (Wildman–Crippen MR) is 59.7 cm³/mol. The maximum atomic E-state index is 11.8. The minimum absolute atomic E-state index is 0.0664. The largest absolute Gasteiger partial charge is 0.352 e. The normalized spacial score (nSPS) is 15.8. The Morgan fingerprint density at radius 3 is 2.82 bits per heavy atom. The Labute approximate surface area is 99.0 Å². The summed E-state index contributed by atoms with van der Waals surface area (Å²) in [4.78, 5) is 11.4. The lowest BCUT2D eigenvalue weighted by atomic mass is 10.5. The van der Waals surface area contributed by atoms with E-state index in [0.717, 1.165) is 12.8 Å². The molecule has 0 radical (unpaired) electrons. The van der Waals surface area contributed by atoms with Crippen molar-refractivity contribution in [3.05, 3.63) is 11.9 Å². The average Bonchev–Trinajstić information content (AvgIpc) is 2.95. The molecule has 8 heteroatoms. The molecular formula is C9H14N4O3S. The van der Waals surface area contributed by atoms with Crippen LogP contribution in [0.3, 0.4) is 0 Å². The summed E-state index contributed by atoms with van der Waals surface area (Å²) < 4.78 is 25.8. The highest BCUT2D eigenvalue weighted by atomic mass is 32.2. The number of aromatic amines is 1. The molecule has 0 unspecified atom stereocenters. The van der Waals surface area contributed by atoms with Crippen molar-refractivity contribution >= 4 is 15.9 Å². The molecule has 17 heavy (non-hydrogen) atoms. The molecule has 94 valence electrons. The van der Waals surface area contributed by atoms with E-state index in [4.69, 9.17) is 0 Å². The summed E-state index contributed by atoms with van der Waals surface area (Å²) in [6, 6.07) is 0.225. The first-order chi connectivity index (χ1) is 7.99. The van der Waals surface area contributed by atoms with E-state index in [-0.39, 0.29) is 23.4 Å². The van der Waals surface area contributed by atoms with E-state index in [1.165, 1.54) is 6.20 Å². The lowest BCUT2D eigenvalue weighted by molar-refractivity contribution is -0.120. The zero-order valence-electron chi connectivity index (χ0n) is 9.36. The zero-order valence-corrected chi connectivity index (χ0v) is 10.2. The van der Waals surface area contributed by atoms with Gasteiger partial charge in [-0.15, -0.1) is 0 Å². The van der Waals surface area contributed by atoms with Crippen LogP contribution in [0.15, 0.2) is 11.1 Å². The van der Waals surface area contributed by atoms with Crippen molar-refractivity contribution in [2.24, 2.45) is 0 Å². The van der Waals surface area contributed by atoms with Crippen molar-refractivity contribution < 1.29 is 13.2 Å². The fourth-order valence-corrected chi connectivity index (χ4v) is 2.47. The van der Waals surface area contributed by atoms with Gasteiger partial charge in [0.1, 0.15) is 4.90 Å². The lowest BCUT2D eigenvalue weighted by Crippen LogP contribution is -2.37. The number of rotatable bonds is 5. The van der Waals surface area contributed by atoms with Crippen molar-refractivity contribution in [2.75, 3.05) is 6.54 Å². The van der Waals surface area contributed by atoms with E-state index in [1.54, 1.807) is 6.92 Å². The van der Waals surface area contributed by atoms with Gasteiger partial charge in [0.2, 0.25) is 15.9 Å². The van der Waals surface area contributed by atoms with Gasteiger partial charge in [-0.05, 0) is 19.8 Å². The highest BCUT2D eigenvalue weighted by Gasteiger charge is 2.24. The van der Waals surface area contributed by atoms with Crippen LogP contribution in [-0.2, 0) is 14.8 Å². The molecule has 1 fully saturated rings. The highest BCUT2D eigenvalue weighted by molar-refractivity contribution is 7.89. The monoisotopic (exact) mass is 258 g/mol. The number of aromatic nitrogens is 2. The summed E-state index contributed by atoms with van der Waals surface area (Å²) in [6.07, 6.45) is 3.16. The molecule has 1 amide bonds. The number of nitrogens with zero attached hydrogens (tertiary/aromatic N) is 1. The Bertz CT molecular complexity index is 518. The van der Waals surface area contributed by atoms with Gasteiger partial charge in [0, 0.05) is 6.04 Å². The standard InChI is InChI=1S/C9H14N4O3S/c1-6-8(4-10-13-6)17(15,16)11-5-9(14)12-7-2-3-7/h4,7,11H,2-3,5H2,1H3,(H,10,13)(H,12,14). The maximum Gasteiger partial charge on any atom is 0.244 e. The number of aryl methyl sites for hydroxylation is 1. The number of sulfonamides is 1. The van der Waals surface area contributed by atoms with E-state index in [1.807, 2.05) is 0 Å². The highest BCUT2D eigenvalue weighted by Crippen LogP contribution is 2.18. The van der Waals surface area contributed by atoms with Gasteiger partial charge in [-0.25, -0.2) is 13.1 Å². The van der Waals surface area contributed by atoms with Gasteiger partial charge < -0.3 is 5.32 Å². The van der Waals surface area contributed by atoms with Gasteiger partial charge in [-0.2, -0.15) is 5.10 Å². The topological polar surface area (TPSA) is 104 Å². The fraction of sp³-hybridized carbons (Fsp3) is 0.556. The number of carbonyl (C=O) groups excluding carboxylic acids is 1. The van der Waals surface area contributed by atoms with Crippen LogP contribution >= 0.6 is 0 Å². The van der Waals surface area contributed by atoms with Crippen molar-refractivity contribution in [3.8, 4) is 0 Å². The number of carbonyl (C=O) groups is 1. The molecule has 1 aliphatic carbocycles. The summed E-state index contributed by atoms with van der Waals surface area (Å²) >= 11 is 0. The number of hydrogen-bond acceptors (Lipinski definition) is 4. The Hall–Kier alpha value is -1.41. The molecule has 1 aromatic heterocycles. The second-order valence-corrected chi connectivity index (χ2v) is 5.76. The molecule has 0 saturated heterocycles. The molecule has 0 spiro atoms. The minimum Gasteiger partial charge on any atom is -0.352 e. The maximum absolute atomic E-state index is 11.8. The Morgan fingerprint density at radius 2 is 2.29 bits per heavy atom. The van der Waals surface area contributed by atoms with Crippen LogP contribution in [0.25, 0.3) is 0 Å². The quantitative estimate of drug-likeness (QED) is 0.648. The van der Waals surface area contributed by atoms with Crippen molar-refractivity contribution in [1.82, 2.24) is 20.2 Å². The molecule has 1 aromatic rings. The third-order valence-electron chi connectivity index (χ3n) is 2.44. The van der Waals surface area contributed by atoms with Crippen LogP contribution < -0.4 is 10.0 Å². The smallest absolute Gasteiger partial charge is 0.244 e. The van der Waals surface area contributed by atoms with E-state index in [9.17, 15) is 13.2 Å². The van der Waals surface area contributed by atoms with Gasteiger partial charge in [0.25, 0.3) is 0 Å². The number of hydrogen-bond donors (Lipinski definition) is 3. The lowest BCUT2D eigenvalue weighted by Gasteiger charge is -2.06. The summed E-state index contributed by atoms with van der Waals surface area (Å²) in [5.74, 6) is -0.308. The SMILES string of the molecule is Cc1[nH]ncc1S(=O)(=O)NCC(=O)NC1CC1. The molecule has 0 atom stereocenters. The second-order valence-electron chi connectivity index (χ2n) is 4.03. The molecule has 0 aromatic carbocycles.